The molecule has 0 radical (unpaired) electrons. The van der Waals surface area contributed by atoms with Crippen molar-refractivity contribution in [2.75, 3.05) is 11.4 Å². The van der Waals surface area contributed by atoms with E-state index in [-0.39, 0.29) is 17.6 Å². The number of carbonyl (C=O) groups is 1. The molecule has 1 fully saturated rings. The van der Waals surface area contributed by atoms with Crippen molar-refractivity contribution in [3.05, 3.63) is 23.8 Å². The van der Waals surface area contributed by atoms with Crippen LogP contribution in [0.3, 0.4) is 0 Å². The third-order valence-corrected chi connectivity index (χ3v) is 4.64. The van der Waals surface area contributed by atoms with E-state index < -0.39 is 0 Å². The number of phenols is 1. The maximum Gasteiger partial charge on any atom is 0.230 e. The lowest BCUT2D eigenvalue weighted by atomic mass is 9.94. The van der Waals surface area contributed by atoms with Gasteiger partial charge >= 0.3 is 0 Å². The van der Waals surface area contributed by atoms with Crippen LogP contribution >= 0.6 is 0 Å². The molecule has 1 saturated carbocycles. The highest BCUT2D eigenvalue weighted by atomic mass is 16.3. The van der Waals surface area contributed by atoms with Gasteiger partial charge in [-0.3, -0.25) is 4.79 Å². The minimum absolute atomic E-state index is 0.144. The Morgan fingerprint density at radius 1 is 1.32 bits per heavy atom. The highest BCUT2D eigenvalue weighted by molar-refractivity contribution is 5.98. The molecule has 0 bridgehead atoms. The first-order valence-electron chi connectivity index (χ1n) is 7.30. The quantitative estimate of drug-likeness (QED) is 0.842. The van der Waals surface area contributed by atoms with Gasteiger partial charge < -0.3 is 10.0 Å². The van der Waals surface area contributed by atoms with Crippen LogP contribution in [0.25, 0.3) is 0 Å². The van der Waals surface area contributed by atoms with E-state index in [1.807, 2.05) is 17.0 Å². The number of hydrogen-bond acceptors (Lipinski definition) is 2. The van der Waals surface area contributed by atoms with Crippen molar-refractivity contribution in [2.45, 2.75) is 39.0 Å². The van der Waals surface area contributed by atoms with Gasteiger partial charge in [0.25, 0.3) is 0 Å². The zero-order chi connectivity index (χ0) is 13.4. The lowest BCUT2D eigenvalue weighted by Crippen LogP contribution is -2.40. The second kappa shape index (κ2) is 4.87. The van der Waals surface area contributed by atoms with Crippen LogP contribution in [0.15, 0.2) is 18.2 Å². The van der Waals surface area contributed by atoms with Gasteiger partial charge in [-0.2, -0.15) is 0 Å². The van der Waals surface area contributed by atoms with Gasteiger partial charge in [0.15, 0.2) is 0 Å². The van der Waals surface area contributed by atoms with Gasteiger partial charge in [0.05, 0.1) is 5.69 Å². The zero-order valence-corrected chi connectivity index (χ0v) is 11.4. The molecular formula is C16H21NO2. The van der Waals surface area contributed by atoms with Crippen molar-refractivity contribution in [3.63, 3.8) is 0 Å². The summed E-state index contributed by atoms with van der Waals surface area (Å²) in [5.74, 6) is 1.08. The Balaban J connectivity index is 1.93. The maximum absolute atomic E-state index is 12.7. The van der Waals surface area contributed by atoms with Crippen molar-refractivity contribution < 1.29 is 9.90 Å². The highest BCUT2D eigenvalue weighted by Gasteiger charge is 2.35. The van der Waals surface area contributed by atoms with E-state index in [0.29, 0.717) is 5.92 Å². The van der Waals surface area contributed by atoms with Crippen LogP contribution in [0.5, 0.6) is 5.75 Å². The number of phenolic OH excluding ortho intramolecular Hbond substituents is 1. The third-order valence-electron chi connectivity index (χ3n) is 4.64. The smallest absolute Gasteiger partial charge is 0.230 e. The predicted molar refractivity (Wildman–Crippen MR) is 75.3 cm³/mol. The number of aromatic hydroxyl groups is 1. The van der Waals surface area contributed by atoms with Crippen molar-refractivity contribution >= 4 is 11.6 Å². The number of amides is 1. The Kier molecular flexibility index (Phi) is 3.21. The third kappa shape index (κ3) is 2.11. The number of carbonyl (C=O) groups excluding carboxylic acids is 1. The maximum atomic E-state index is 12.7. The van der Waals surface area contributed by atoms with Crippen LogP contribution in [0.4, 0.5) is 5.69 Å². The number of aryl methyl sites for hydroxylation is 1. The average molecular weight is 259 g/mol. The molecular weight excluding hydrogens is 238 g/mol. The topological polar surface area (TPSA) is 40.5 Å². The standard InChI is InChI=1S/C16H21NO2/c1-11-5-2-8-13(11)16(19)17-10-4-7-12-6-3-9-14(18)15(12)17/h3,6,9,11,13,18H,2,4-5,7-8,10H2,1H3. The second-order valence-corrected chi connectivity index (χ2v) is 5.89. The van der Waals surface area contributed by atoms with E-state index in [0.717, 1.165) is 49.9 Å². The SMILES string of the molecule is CC1CCCC1C(=O)N1CCCc2cccc(O)c21. The molecule has 19 heavy (non-hydrogen) atoms. The van der Waals surface area contributed by atoms with Crippen LogP contribution < -0.4 is 4.90 Å². The van der Waals surface area contributed by atoms with Gasteiger partial charge in [0, 0.05) is 12.5 Å². The molecule has 3 nitrogen and oxygen atoms in total. The molecule has 0 spiro atoms. The lowest BCUT2D eigenvalue weighted by molar-refractivity contribution is -0.123. The van der Waals surface area contributed by atoms with Crippen molar-refractivity contribution in [2.24, 2.45) is 11.8 Å². The number of rotatable bonds is 1. The number of hydrogen-bond donors (Lipinski definition) is 1. The lowest BCUT2D eigenvalue weighted by Gasteiger charge is -2.33. The Bertz CT molecular complexity index is 498. The Morgan fingerprint density at radius 2 is 2.16 bits per heavy atom. The van der Waals surface area contributed by atoms with E-state index in [4.69, 9.17) is 0 Å². The van der Waals surface area contributed by atoms with E-state index in [1.54, 1.807) is 6.07 Å². The van der Waals surface area contributed by atoms with Gasteiger partial charge in [0.1, 0.15) is 5.75 Å². The van der Waals surface area contributed by atoms with E-state index >= 15 is 0 Å². The predicted octanol–water partition coefficient (Wildman–Crippen LogP) is 3.11. The number of para-hydroxylation sites is 1. The number of nitrogens with zero attached hydrogens (tertiary/aromatic N) is 1. The van der Waals surface area contributed by atoms with Crippen LogP contribution in [0.2, 0.25) is 0 Å². The van der Waals surface area contributed by atoms with Crippen molar-refractivity contribution in [3.8, 4) is 5.75 Å². The molecule has 2 unspecified atom stereocenters. The number of benzene rings is 1. The highest BCUT2D eigenvalue weighted by Crippen LogP contribution is 2.39. The van der Waals surface area contributed by atoms with Crippen molar-refractivity contribution in [1.29, 1.82) is 0 Å². The fourth-order valence-electron chi connectivity index (χ4n) is 3.56. The van der Waals surface area contributed by atoms with Gasteiger partial charge in [0.2, 0.25) is 5.91 Å². The van der Waals surface area contributed by atoms with E-state index in [9.17, 15) is 9.90 Å². The Labute approximate surface area is 114 Å². The van der Waals surface area contributed by atoms with Gasteiger partial charge in [-0.1, -0.05) is 25.5 Å². The fraction of sp³-hybridized carbons (Fsp3) is 0.562. The summed E-state index contributed by atoms with van der Waals surface area (Å²) in [5.41, 5.74) is 1.86. The first kappa shape index (κ1) is 12.5. The molecule has 1 aliphatic carbocycles. The largest absolute Gasteiger partial charge is 0.506 e. The number of fused-ring (bicyclic) bond motifs is 1. The van der Waals surface area contributed by atoms with Crippen molar-refractivity contribution in [1.82, 2.24) is 0 Å². The summed E-state index contributed by atoms with van der Waals surface area (Å²) in [5, 5.41) is 10.1. The molecule has 1 aliphatic heterocycles. The summed E-state index contributed by atoms with van der Waals surface area (Å²) in [6, 6.07) is 5.56. The molecule has 3 heteroatoms. The fourth-order valence-corrected chi connectivity index (χ4v) is 3.56. The average Bonchev–Trinajstić information content (AvgIpc) is 2.84. The monoisotopic (exact) mass is 259 g/mol. The van der Waals surface area contributed by atoms with Gasteiger partial charge in [-0.15, -0.1) is 0 Å². The second-order valence-electron chi connectivity index (χ2n) is 5.89. The summed E-state index contributed by atoms with van der Waals surface area (Å²) < 4.78 is 0. The van der Waals surface area contributed by atoms with Crippen LogP contribution in [0.1, 0.15) is 38.2 Å². The van der Waals surface area contributed by atoms with Gasteiger partial charge in [-0.25, -0.2) is 0 Å². The molecule has 102 valence electrons. The molecule has 1 aromatic carbocycles. The molecule has 3 rings (SSSR count). The summed E-state index contributed by atoms with van der Waals surface area (Å²) in [7, 11) is 0. The molecule has 0 saturated heterocycles. The summed E-state index contributed by atoms with van der Waals surface area (Å²) >= 11 is 0. The molecule has 1 aromatic rings. The van der Waals surface area contributed by atoms with Crippen LogP contribution in [-0.4, -0.2) is 17.6 Å². The van der Waals surface area contributed by atoms with E-state index in [2.05, 4.69) is 6.92 Å². The normalized spacial score (nSPS) is 26.3. The van der Waals surface area contributed by atoms with Crippen LogP contribution in [-0.2, 0) is 11.2 Å². The van der Waals surface area contributed by atoms with Gasteiger partial charge in [-0.05, 0) is 43.2 Å². The minimum Gasteiger partial charge on any atom is -0.506 e. The molecule has 1 heterocycles. The molecule has 2 atom stereocenters. The Hall–Kier alpha value is -1.51. The summed E-state index contributed by atoms with van der Waals surface area (Å²) in [6.45, 7) is 2.91. The first-order chi connectivity index (χ1) is 9.18. The zero-order valence-electron chi connectivity index (χ0n) is 11.4. The Morgan fingerprint density at radius 3 is 2.89 bits per heavy atom. The molecule has 2 aliphatic rings. The minimum atomic E-state index is 0.144. The number of anilines is 1. The molecule has 1 N–H and O–H groups in total. The van der Waals surface area contributed by atoms with Crippen LogP contribution in [0, 0.1) is 11.8 Å². The molecule has 1 amide bonds. The van der Waals surface area contributed by atoms with E-state index in [1.165, 1.54) is 0 Å². The summed E-state index contributed by atoms with van der Waals surface area (Å²) in [6.07, 6.45) is 5.24. The summed E-state index contributed by atoms with van der Waals surface area (Å²) in [4.78, 5) is 14.6. The first-order valence-corrected chi connectivity index (χ1v) is 7.30. The molecule has 0 aromatic heterocycles.